The van der Waals surface area contributed by atoms with Crippen molar-refractivity contribution in [1.29, 1.82) is 0 Å². The van der Waals surface area contributed by atoms with Gasteiger partial charge in [0, 0.05) is 50.0 Å². The van der Waals surface area contributed by atoms with Crippen LogP contribution in [0.4, 0.5) is 0 Å². The largest absolute Gasteiger partial charge is 0.379 e. The van der Waals surface area contributed by atoms with Gasteiger partial charge < -0.3 is 15.4 Å². The molecule has 1 fully saturated rings. The molecule has 2 heterocycles. The van der Waals surface area contributed by atoms with E-state index in [-0.39, 0.29) is 24.0 Å². The summed E-state index contributed by atoms with van der Waals surface area (Å²) in [5, 5.41) is 6.71. The minimum atomic E-state index is 0. The third-order valence-corrected chi connectivity index (χ3v) is 4.24. The predicted octanol–water partition coefficient (Wildman–Crippen LogP) is 1.91. The molecule has 1 aliphatic rings. The molecule has 1 aromatic heterocycles. The van der Waals surface area contributed by atoms with Crippen LogP contribution in [0, 0.1) is 0 Å². The van der Waals surface area contributed by atoms with Crippen molar-refractivity contribution in [3.8, 4) is 0 Å². The van der Waals surface area contributed by atoms with Crippen LogP contribution in [0.5, 0.6) is 0 Å². The molecule has 0 saturated carbocycles. The van der Waals surface area contributed by atoms with E-state index in [4.69, 9.17) is 9.73 Å². The van der Waals surface area contributed by atoms with Crippen molar-refractivity contribution in [3.05, 3.63) is 30.1 Å². The van der Waals surface area contributed by atoms with Crippen molar-refractivity contribution in [2.24, 2.45) is 4.99 Å². The number of pyridine rings is 1. The Morgan fingerprint density at radius 2 is 2.28 bits per heavy atom. The number of hydrogen-bond acceptors (Lipinski definition) is 4. The highest BCUT2D eigenvalue weighted by atomic mass is 127. The highest BCUT2D eigenvalue weighted by Gasteiger charge is 2.23. The maximum atomic E-state index is 5.51. The smallest absolute Gasteiger partial charge is 0.191 e. The molecule has 0 aliphatic carbocycles. The lowest BCUT2D eigenvalue weighted by molar-refractivity contribution is -0.0165. The van der Waals surface area contributed by atoms with Gasteiger partial charge >= 0.3 is 0 Å². The highest BCUT2D eigenvalue weighted by Crippen LogP contribution is 2.10. The summed E-state index contributed by atoms with van der Waals surface area (Å²) in [5.41, 5.74) is 1.09. The second-order valence-electron chi connectivity index (χ2n) is 6.23. The van der Waals surface area contributed by atoms with E-state index in [1.807, 2.05) is 24.4 Å². The van der Waals surface area contributed by atoms with Crippen LogP contribution in [0.3, 0.4) is 0 Å². The van der Waals surface area contributed by atoms with E-state index in [9.17, 15) is 0 Å². The van der Waals surface area contributed by atoms with E-state index < -0.39 is 0 Å². The number of ether oxygens (including phenoxy) is 1. The molecule has 25 heavy (non-hydrogen) atoms. The third kappa shape index (κ3) is 7.87. The lowest BCUT2D eigenvalue weighted by Gasteiger charge is -2.37. The van der Waals surface area contributed by atoms with Gasteiger partial charge in [-0.25, -0.2) is 0 Å². The van der Waals surface area contributed by atoms with Crippen LogP contribution < -0.4 is 10.6 Å². The van der Waals surface area contributed by atoms with Gasteiger partial charge in [-0.15, -0.1) is 24.0 Å². The van der Waals surface area contributed by atoms with Crippen LogP contribution in [-0.2, 0) is 11.2 Å². The third-order valence-electron chi connectivity index (χ3n) is 4.24. The number of guanidine groups is 1. The van der Waals surface area contributed by atoms with Crippen LogP contribution in [0.1, 0.15) is 26.5 Å². The molecule has 2 rings (SSSR count). The van der Waals surface area contributed by atoms with E-state index in [0.717, 1.165) is 57.5 Å². The molecule has 142 valence electrons. The summed E-state index contributed by atoms with van der Waals surface area (Å²) in [6.45, 7) is 11.6. The Morgan fingerprint density at radius 1 is 1.44 bits per heavy atom. The standard InChI is InChI=1S/C18H31N5O.HI/c1-4-19-18(21-10-8-17-7-5-6-9-20-17)22-13-15(2)23-11-12-24-14-16(23)3;/h5-7,9,15-16H,4,8,10-14H2,1-3H3,(H2,19,21,22);1H. The molecule has 0 radical (unpaired) electrons. The first-order valence-electron chi connectivity index (χ1n) is 8.96. The molecular formula is C18H32IN5O. The van der Waals surface area contributed by atoms with Gasteiger partial charge in [0.15, 0.2) is 5.96 Å². The SMILES string of the molecule is CCNC(=NCC(C)N1CCOCC1C)NCCc1ccccn1.I. The maximum absolute atomic E-state index is 5.51. The van der Waals surface area contributed by atoms with Crippen molar-refractivity contribution in [2.45, 2.75) is 39.3 Å². The van der Waals surface area contributed by atoms with Gasteiger partial charge in [-0.1, -0.05) is 6.07 Å². The van der Waals surface area contributed by atoms with Crippen molar-refractivity contribution in [2.75, 3.05) is 39.4 Å². The topological polar surface area (TPSA) is 61.8 Å². The van der Waals surface area contributed by atoms with E-state index >= 15 is 0 Å². The quantitative estimate of drug-likeness (QED) is 0.369. The van der Waals surface area contributed by atoms with Gasteiger partial charge in [0.2, 0.25) is 0 Å². The van der Waals surface area contributed by atoms with Gasteiger partial charge in [-0.3, -0.25) is 14.9 Å². The molecule has 1 saturated heterocycles. The van der Waals surface area contributed by atoms with Crippen LogP contribution in [0.25, 0.3) is 0 Å². The second-order valence-corrected chi connectivity index (χ2v) is 6.23. The van der Waals surface area contributed by atoms with E-state index in [2.05, 4.69) is 41.3 Å². The minimum absolute atomic E-state index is 0. The van der Waals surface area contributed by atoms with E-state index in [0.29, 0.717) is 12.1 Å². The fourth-order valence-corrected chi connectivity index (χ4v) is 2.92. The first kappa shape index (κ1) is 22.1. The van der Waals surface area contributed by atoms with Crippen LogP contribution in [0.15, 0.2) is 29.4 Å². The molecule has 2 atom stereocenters. The lowest BCUT2D eigenvalue weighted by Crippen LogP contribution is -2.49. The summed E-state index contributed by atoms with van der Waals surface area (Å²) >= 11 is 0. The molecule has 1 aromatic rings. The van der Waals surface area contributed by atoms with Crippen molar-refractivity contribution in [3.63, 3.8) is 0 Å². The first-order chi connectivity index (χ1) is 11.7. The monoisotopic (exact) mass is 461 g/mol. The Bertz CT molecular complexity index is 499. The Morgan fingerprint density at radius 3 is 2.96 bits per heavy atom. The number of halogens is 1. The average molecular weight is 461 g/mol. The molecule has 0 amide bonds. The number of aliphatic imine (C=N–C) groups is 1. The molecule has 2 unspecified atom stereocenters. The number of morpholine rings is 1. The molecule has 0 bridgehead atoms. The Balaban J connectivity index is 0.00000312. The minimum Gasteiger partial charge on any atom is -0.379 e. The van der Waals surface area contributed by atoms with Gasteiger partial charge in [0.25, 0.3) is 0 Å². The Labute approximate surface area is 168 Å². The zero-order valence-corrected chi connectivity index (χ0v) is 17.9. The number of hydrogen-bond donors (Lipinski definition) is 2. The van der Waals surface area contributed by atoms with Crippen molar-refractivity contribution >= 4 is 29.9 Å². The predicted molar refractivity (Wildman–Crippen MR) is 114 cm³/mol. The maximum Gasteiger partial charge on any atom is 0.191 e. The lowest BCUT2D eigenvalue weighted by atomic mass is 10.2. The Hall–Kier alpha value is -0.930. The molecule has 7 heteroatoms. The summed E-state index contributed by atoms with van der Waals surface area (Å²) in [6.07, 6.45) is 2.72. The molecular weight excluding hydrogens is 429 g/mol. The first-order valence-corrected chi connectivity index (χ1v) is 8.96. The van der Waals surface area contributed by atoms with E-state index in [1.165, 1.54) is 0 Å². The van der Waals surface area contributed by atoms with Gasteiger partial charge in [-0.2, -0.15) is 0 Å². The molecule has 6 nitrogen and oxygen atoms in total. The number of rotatable bonds is 7. The second kappa shape index (κ2) is 12.4. The van der Waals surface area contributed by atoms with Gasteiger partial charge in [0.05, 0.1) is 19.8 Å². The summed E-state index contributed by atoms with van der Waals surface area (Å²) in [6, 6.07) is 6.88. The van der Waals surface area contributed by atoms with Crippen LogP contribution in [-0.4, -0.2) is 67.3 Å². The zero-order chi connectivity index (χ0) is 17.2. The average Bonchev–Trinajstić information content (AvgIpc) is 2.60. The molecule has 2 N–H and O–H groups in total. The van der Waals surface area contributed by atoms with Gasteiger partial charge in [0.1, 0.15) is 0 Å². The van der Waals surface area contributed by atoms with Crippen LogP contribution in [0.2, 0.25) is 0 Å². The molecule has 0 spiro atoms. The fraction of sp³-hybridized carbons (Fsp3) is 0.667. The van der Waals surface area contributed by atoms with Gasteiger partial charge in [-0.05, 0) is 32.9 Å². The van der Waals surface area contributed by atoms with Crippen molar-refractivity contribution < 1.29 is 4.74 Å². The zero-order valence-electron chi connectivity index (χ0n) is 15.6. The molecule has 0 aromatic carbocycles. The van der Waals surface area contributed by atoms with Crippen LogP contribution >= 0.6 is 24.0 Å². The normalized spacial score (nSPS) is 19.8. The summed E-state index contributed by atoms with van der Waals surface area (Å²) in [7, 11) is 0. The summed E-state index contributed by atoms with van der Waals surface area (Å²) in [4.78, 5) is 11.6. The highest BCUT2D eigenvalue weighted by molar-refractivity contribution is 14.0. The number of nitrogens with one attached hydrogen (secondary N) is 2. The Kier molecular flexibility index (Phi) is 11.0. The summed E-state index contributed by atoms with van der Waals surface area (Å²) in [5.74, 6) is 0.876. The molecule has 1 aliphatic heterocycles. The summed E-state index contributed by atoms with van der Waals surface area (Å²) < 4.78 is 5.51. The number of aromatic nitrogens is 1. The fourth-order valence-electron chi connectivity index (χ4n) is 2.92. The van der Waals surface area contributed by atoms with Crippen molar-refractivity contribution in [1.82, 2.24) is 20.5 Å². The number of nitrogens with zero attached hydrogens (tertiary/aromatic N) is 3. The van der Waals surface area contributed by atoms with E-state index in [1.54, 1.807) is 0 Å².